The van der Waals surface area contributed by atoms with Gasteiger partial charge in [-0.25, -0.2) is 0 Å². The van der Waals surface area contributed by atoms with Gasteiger partial charge in [-0.05, 0) is 45.1 Å². The lowest BCUT2D eigenvalue weighted by atomic mass is 10.1. The Morgan fingerprint density at radius 1 is 1.21 bits per heavy atom. The lowest BCUT2D eigenvalue weighted by molar-refractivity contribution is -0.147. The molecule has 9 heteroatoms. The number of rotatable bonds is 9. The molecule has 0 amide bonds. The van der Waals surface area contributed by atoms with E-state index >= 15 is 0 Å². The van der Waals surface area contributed by atoms with Crippen LogP contribution in [0.3, 0.4) is 0 Å². The van der Waals surface area contributed by atoms with Gasteiger partial charge in [0.15, 0.2) is 11.0 Å². The Hall–Kier alpha value is -1.94. The van der Waals surface area contributed by atoms with E-state index in [1.165, 1.54) is 11.8 Å². The second-order valence-corrected chi connectivity index (χ2v) is 9.74. The van der Waals surface area contributed by atoms with Crippen molar-refractivity contribution < 1.29 is 19.0 Å². The highest BCUT2D eigenvalue weighted by atomic mass is 32.2. The van der Waals surface area contributed by atoms with Crippen molar-refractivity contribution >= 4 is 28.6 Å². The molecular formula is C24H36N4O4S. The molecule has 0 aliphatic carbocycles. The van der Waals surface area contributed by atoms with Gasteiger partial charge in [-0.1, -0.05) is 48.5 Å². The first-order valence-electron chi connectivity index (χ1n) is 11.5. The van der Waals surface area contributed by atoms with E-state index in [0.29, 0.717) is 31.2 Å². The number of esters is 1. The third-order valence-corrected chi connectivity index (χ3v) is 6.16. The summed E-state index contributed by atoms with van der Waals surface area (Å²) in [7, 11) is 0. The minimum absolute atomic E-state index is 0.00235. The zero-order valence-corrected chi connectivity index (χ0v) is 20.7. The molecule has 2 aliphatic heterocycles. The fourth-order valence-corrected chi connectivity index (χ4v) is 4.23. The topological polar surface area (TPSA) is 98.7 Å². The number of benzene rings is 1. The highest BCUT2D eigenvalue weighted by Crippen LogP contribution is 2.32. The Labute approximate surface area is 200 Å². The summed E-state index contributed by atoms with van der Waals surface area (Å²) in [6, 6.07) is 9.75. The number of thioether (sulfide) groups is 1. The third kappa shape index (κ3) is 8.73. The number of hydrogen-bond acceptors (Lipinski definition) is 8. The summed E-state index contributed by atoms with van der Waals surface area (Å²) in [6.45, 7) is 6.62. The van der Waals surface area contributed by atoms with Gasteiger partial charge >= 0.3 is 5.97 Å². The van der Waals surface area contributed by atoms with Crippen LogP contribution in [0, 0.1) is 0 Å². The van der Waals surface area contributed by atoms with E-state index in [1.807, 2.05) is 50.4 Å². The molecule has 1 aromatic carbocycles. The van der Waals surface area contributed by atoms with Crippen LogP contribution >= 0.6 is 11.8 Å². The second-order valence-electron chi connectivity index (χ2n) is 8.92. The number of nitrogens with zero attached hydrogens (tertiary/aromatic N) is 3. The molecule has 1 aromatic rings. The Morgan fingerprint density at radius 2 is 1.97 bits per heavy atom. The molecule has 0 radical (unpaired) electrons. The van der Waals surface area contributed by atoms with Crippen molar-refractivity contribution in [3.05, 3.63) is 35.9 Å². The predicted octanol–water partition coefficient (Wildman–Crippen LogP) is 3.55. The highest BCUT2D eigenvalue weighted by Gasteiger charge is 2.44. The van der Waals surface area contributed by atoms with Crippen LogP contribution < -0.4 is 5.73 Å². The normalized spacial score (nSPS) is 24.5. The molecule has 8 nitrogen and oxygen atoms in total. The van der Waals surface area contributed by atoms with Crippen LogP contribution in [0.2, 0.25) is 0 Å². The summed E-state index contributed by atoms with van der Waals surface area (Å²) >= 11 is 1.38. The van der Waals surface area contributed by atoms with Gasteiger partial charge in [0, 0.05) is 25.9 Å². The number of nitrogens with two attached hydrogens (primary N) is 1. The molecule has 182 valence electrons. The second kappa shape index (κ2) is 12.5. The first-order valence-corrected chi connectivity index (χ1v) is 12.8. The van der Waals surface area contributed by atoms with Gasteiger partial charge in [-0.2, -0.15) is 5.10 Å². The summed E-state index contributed by atoms with van der Waals surface area (Å²) < 4.78 is 17.6. The maximum absolute atomic E-state index is 12.0. The number of likely N-dealkylation sites (tertiary alicyclic amines) is 1. The van der Waals surface area contributed by atoms with Gasteiger partial charge in [0.2, 0.25) is 0 Å². The summed E-state index contributed by atoms with van der Waals surface area (Å²) in [5, 5.41) is 8.98. The molecule has 2 heterocycles. The standard InChI is InChI=1S/C24H36N4O4S/c1-24(2)31-20-14-19(26-27-23(25)33-3)15-28(16-21(20)32-24)13-9-5-8-12-22(29)30-17-18-10-6-4-7-11-18/h4,6-7,10-11,20-21H,5,8-9,12-17H2,1-3H3,(H2,25,27)/b26-19-/t20-,21+/m0/s1. The molecule has 2 N–H and O–H groups in total. The number of hydrogen-bond donors (Lipinski definition) is 1. The first kappa shape index (κ1) is 25.7. The van der Waals surface area contributed by atoms with Gasteiger partial charge in [-0.3, -0.25) is 9.69 Å². The Kier molecular flexibility index (Phi) is 9.73. The molecule has 2 saturated heterocycles. The summed E-state index contributed by atoms with van der Waals surface area (Å²) in [6.07, 6.45) is 5.73. The third-order valence-electron chi connectivity index (χ3n) is 5.66. The van der Waals surface area contributed by atoms with E-state index in [1.54, 1.807) is 0 Å². The number of ether oxygens (including phenoxy) is 3. The summed E-state index contributed by atoms with van der Waals surface area (Å²) in [5.74, 6) is -0.737. The van der Waals surface area contributed by atoms with Crippen molar-refractivity contribution in [3.8, 4) is 0 Å². The number of unbranched alkanes of at least 4 members (excludes halogenated alkanes) is 2. The monoisotopic (exact) mass is 476 g/mol. The first-order chi connectivity index (χ1) is 15.8. The molecule has 2 fully saturated rings. The molecule has 0 aromatic heterocycles. The van der Waals surface area contributed by atoms with Crippen LogP contribution in [0.5, 0.6) is 0 Å². The van der Waals surface area contributed by atoms with E-state index in [4.69, 9.17) is 19.9 Å². The van der Waals surface area contributed by atoms with Crippen molar-refractivity contribution in [1.82, 2.24) is 4.90 Å². The minimum Gasteiger partial charge on any atom is -0.461 e. The average Bonchev–Trinajstić information content (AvgIpc) is 2.98. The van der Waals surface area contributed by atoms with Crippen molar-refractivity contribution in [2.45, 2.75) is 70.6 Å². The lowest BCUT2D eigenvalue weighted by Gasteiger charge is -2.24. The molecule has 2 atom stereocenters. The summed E-state index contributed by atoms with van der Waals surface area (Å²) in [4.78, 5) is 14.3. The molecule has 0 bridgehead atoms. The maximum Gasteiger partial charge on any atom is 0.306 e. The zero-order valence-electron chi connectivity index (χ0n) is 19.9. The molecule has 0 spiro atoms. The number of carbonyl (C=O) groups excluding carboxylic acids is 1. The fraction of sp³-hybridized carbons (Fsp3) is 0.625. The Balaban J connectivity index is 1.44. The average molecular weight is 477 g/mol. The SMILES string of the molecule is CSC(N)=N/N=C1/C[C@@H]2OC(C)(C)O[C@@H]2CN(CCCCCC(=O)OCc2ccccc2)C1. The van der Waals surface area contributed by atoms with Crippen molar-refractivity contribution in [2.75, 3.05) is 25.9 Å². The van der Waals surface area contributed by atoms with E-state index < -0.39 is 5.79 Å². The predicted molar refractivity (Wildman–Crippen MR) is 132 cm³/mol. The fourth-order valence-electron chi connectivity index (χ4n) is 4.11. The smallest absolute Gasteiger partial charge is 0.306 e. The molecule has 2 aliphatic rings. The van der Waals surface area contributed by atoms with Crippen LogP contribution in [0.15, 0.2) is 40.5 Å². The zero-order chi connectivity index (χ0) is 23.7. The number of carbonyl (C=O) groups is 1. The Morgan fingerprint density at radius 3 is 2.73 bits per heavy atom. The molecular weight excluding hydrogens is 440 g/mol. The van der Waals surface area contributed by atoms with E-state index in [-0.39, 0.29) is 18.2 Å². The minimum atomic E-state index is -0.592. The lowest BCUT2D eigenvalue weighted by Crippen LogP contribution is -2.36. The summed E-state index contributed by atoms with van der Waals surface area (Å²) in [5.41, 5.74) is 7.76. The van der Waals surface area contributed by atoms with Crippen molar-refractivity contribution in [1.29, 1.82) is 0 Å². The maximum atomic E-state index is 12.0. The van der Waals surface area contributed by atoms with Crippen LogP contribution in [0.1, 0.15) is 51.5 Å². The van der Waals surface area contributed by atoms with E-state index in [2.05, 4.69) is 15.1 Å². The largest absolute Gasteiger partial charge is 0.461 e. The van der Waals surface area contributed by atoms with E-state index in [9.17, 15) is 4.79 Å². The Bertz CT molecular complexity index is 831. The molecule has 33 heavy (non-hydrogen) atoms. The van der Waals surface area contributed by atoms with Crippen molar-refractivity contribution in [2.24, 2.45) is 15.9 Å². The van der Waals surface area contributed by atoms with Crippen LogP contribution in [-0.2, 0) is 25.6 Å². The quantitative estimate of drug-likeness (QED) is 0.191. The highest BCUT2D eigenvalue weighted by molar-refractivity contribution is 8.13. The van der Waals surface area contributed by atoms with Gasteiger partial charge in [0.05, 0.1) is 11.8 Å². The van der Waals surface area contributed by atoms with Gasteiger partial charge in [0.25, 0.3) is 0 Å². The van der Waals surface area contributed by atoms with Crippen molar-refractivity contribution in [3.63, 3.8) is 0 Å². The van der Waals surface area contributed by atoms with Crippen LogP contribution in [0.4, 0.5) is 0 Å². The van der Waals surface area contributed by atoms with Gasteiger partial charge in [-0.15, -0.1) is 5.10 Å². The number of fused-ring (bicyclic) bond motifs is 1. The molecule has 3 rings (SSSR count). The van der Waals surface area contributed by atoms with Crippen LogP contribution in [-0.4, -0.2) is 65.6 Å². The van der Waals surface area contributed by atoms with Gasteiger partial charge < -0.3 is 19.9 Å². The van der Waals surface area contributed by atoms with Gasteiger partial charge in [0.1, 0.15) is 12.7 Å². The molecule has 0 unspecified atom stereocenters. The number of amidine groups is 1. The van der Waals surface area contributed by atoms with E-state index in [0.717, 1.165) is 43.6 Å². The van der Waals surface area contributed by atoms with Crippen LogP contribution in [0.25, 0.3) is 0 Å². The molecule has 0 saturated carbocycles.